The zero-order valence-corrected chi connectivity index (χ0v) is 13.0. The Morgan fingerprint density at radius 1 is 1.28 bits per heavy atom. The van der Waals surface area contributed by atoms with Crippen LogP contribution in [0.15, 0.2) is 52.2 Å². The summed E-state index contributed by atoms with van der Waals surface area (Å²) in [5.41, 5.74) is 4.71. The molecule has 1 saturated heterocycles. The van der Waals surface area contributed by atoms with E-state index >= 15 is 0 Å². The maximum absolute atomic E-state index is 14.4. The van der Waals surface area contributed by atoms with Gasteiger partial charge in [0.1, 0.15) is 12.7 Å². The average Bonchev–Trinajstić information content (AvgIpc) is 2.89. The van der Waals surface area contributed by atoms with E-state index in [9.17, 15) is 18.8 Å². The highest BCUT2D eigenvalue weighted by molar-refractivity contribution is 5.89. The number of carbonyl (C=O) groups excluding carboxylic acids is 1. The molecule has 1 aromatic heterocycles. The van der Waals surface area contributed by atoms with Crippen molar-refractivity contribution in [2.24, 2.45) is 5.73 Å². The summed E-state index contributed by atoms with van der Waals surface area (Å²) < 4.78 is 25.9. The Balaban J connectivity index is 1.69. The highest BCUT2D eigenvalue weighted by Crippen LogP contribution is 2.29. The molecular weight excluding hydrogens is 333 g/mol. The van der Waals surface area contributed by atoms with Crippen molar-refractivity contribution < 1.29 is 18.7 Å². The topological polar surface area (TPSA) is 116 Å². The predicted molar refractivity (Wildman–Crippen MR) is 84.8 cm³/mol. The highest BCUT2D eigenvalue weighted by Gasteiger charge is 2.45. The summed E-state index contributed by atoms with van der Waals surface area (Å²) in [5, 5.41) is 0. The Labute approximate surface area is 141 Å². The van der Waals surface area contributed by atoms with Crippen LogP contribution in [0.1, 0.15) is 16.6 Å². The minimum atomic E-state index is -1.70. The summed E-state index contributed by atoms with van der Waals surface area (Å²) in [6, 6.07) is 8.28. The van der Waals surface area contributed by atoms with E-state index in [0.717, 1.165) is 16.8 Å². The van der Waals surface area contributed by atoms with Gasteiger partial charge in [-0.3, -0.25) is 14.3 Å². The maximum Gasteiger partial charge on any atom is 0.338 e. The number of aromatic nitrogens is 2. The molecule has 0 spiro atoms. The molecule has 0 amide bonds. The van der Waals surface area contributed by atoms with Gasteiger partial charge in [-0.1, -0.05) is 18.2 Å². The fourth-order valence-electron chi connectivity index (χ4n) is 2.55. The summed E-state index contributed by atoms with van der Waals surface area (Å²) in [4.78, 5) is 36.8. The molecule has 4 atom stereocenters. The third-order valence-electron chi connectivity index (χ3n) is 3.90. The molecule has 0 unspecified atom stereocenters. The van der Waals surface area contributed by atoms with E-state index in [0.29, 0.717) is 5.56 Å². The minimum Gasteiger partial charge on any atom is -0.459 e. The van der Waals surface area contributed by atoms with Crippen LogP contribution < -0.4 is 17.0 Å². The van der Waals surface area contributed by atoms with Crippen molar-refractivity contribution in [2.75, 3.05) is 6.61 Å². The number of nitrogens with zero attached hydrogens (tertiary/aromatic N) is 1. The molecule has 1 aromatic carbocycles. The second kappa shape index (κ2) is 6.99. The van der Waals surface area contributed by atoms with Gasteiger partial charge >= 0.3 is 11.7 Å². The van der Waals surface area contributed by atoms with Gasteiger partial charge in [0.2, 0.25) is 0 Å². The van der Waals surface area contributed by atoms with Crippen LogP contribution >= 0.6 is 0 Å². The van der Waals surface area contributed by atoms with Crippen LogP contribution in [-0.4, -0.2) is 40.4 Å². The van der Waals surface area contributed by atoms with E-state index in [4.69, 9.17) is 15.2 Å². The Hall–Kier alpha value is -2.78. The van der Waals surface area contributed by atoms with Gasteiger partial charge < -0.3 is 15.2 Å². The predicted octanol–water partition coefficient (Wildman–Crippen LogP) is -0.0436. The van der Waals surface area contributed by atoms with Gasteiger partial charge in [-0.15, -0.1) is 0 Å². The summed E-state index contributed by atoms with van der Waals surface area (Å²) in [7, 11) is 0. The number of rotatable bonds is 4. The van der Waals surface area contributed by atoms with E-state index in [1.807, 2.05) is 4.98 Å². The molecule has 3 rings (SSSR count). The molecular formula is C16H16FN3O5. The molecule has 0 saturated carbocycles. The molecule has 1 aliphatic heterocycles. The number of ether oxygens (including phenoxy) is 2. The van der Waals surface area contributed by atoms with Crippen molar-refractivity contribution in [3.8, 4) is 0 Å². The van der Waals surface area contributed by atoms with Crippen LogP contribution in [-0.2, 0) is 9.47 Å². The lowest BCUT2D eigenvalue weighted by Gasteiger charge is -2.16. The normalized spacial score (nSPS) is 25.7. The molecule has 132 valence electrons. The number of carbonyl (C=O) groups is 1. The van der Waals surface area contributed by atoms with Crippen LogP contribution in [0.3, 0.4) is 0 Å². The molecule has 1 fully saturated rings. The lowest BCUT2D eigenvalue weighted by atomic mass is 10.1. The number of hydrogen-bond donors (Lipinski definition) is 2. The summed E-state index contributed by atoms with van der Waals surface area (Å²) in [6.07, 6.45) is -2.81. The first-order valence-corrected chi connectivity index (χ1v) is 7.56. The summed E-state index contributed by atoms with van der Waals surface area (Å²) in [6.45, 7) is -0.260. The van der Waals surface area contributed by atoms with Gasteiger partial charge in [-0.2, -0.15) is 0 Å². The molecule has 25 heavy (non-hydrogen) atoms. The quantitative estimate of drug-likeness (QED) is 0.748. The van der Waals surface area contributed by atoms with Gasteiger partial charge in [0.25, 0.3) is 5.56 Å². The third-order valence-corrected chi connectivity index (χ3v) is 3.90. The Morgan fingerprint density at radius 3 is 2.68 bits per heavy atom. The van der Waals surface area contributed by atoms with Crippen molar-refractivity contribution in [2.45, 2.75) is 24.5 Å². The van der Waals surface area contributed by atoms with Gasteiger partial charge in [0, 0.05) is 12.3 Å². The van der Waals surface area contributed by atoms with E-state index < -0.39 is 41.8 Å². The zero-order chi connectivity index (χ0) is 18.0. The van der Waals surface area contributed by atoms with Gasteiger partial charge in [0.05, 0.1) is 11.6 Å². The largest absolute Gasteiger partial charge is 0.459 e. The number of esters is 1. The Kier molecular flexibility index (Phi) is 4.77. The van der Waals surface area contributed by atoms with Crippen molar-refractivity contribution in [1.82, 2.24) is 9.55 Å². The van der Waals surface area contributed by atoms with Gasteiger partial charge in [-0.25, -0.2) is 14.0 Å². The standard InChI is InChI=1S/C16H16FN3O5/c17-12-13(18)10(8-24-15(22)9-4-2-1-3-5-9)25-14(12)20-7-6-11(21)19-16(20)23/h1-7,10,12-14H,8,18H2,(H,19,21,23)/t10-,12-,13-,14-/m1/s1. The van der Waals surface area contributed by atoms with Crippen molar-refractivity contribution in [3.63, 3.8) is 0 Å². The molecule has 0 radical (unpaired) electrons. The molecule has 8 nitrogen and oxygen atoms in total. The molecule has 2 aromatic rings. The van der Waals surface area contributed by atoms with Crippen molar-refractivity contribution in [3.05, 3.63) is 69.0 Å². The lowest BCUT2D eigenvalue weighted by Crippen LogP contribution is -2.41. The monoisotopic (exact) mass is 349 g/mol. The van der Waals surface area contributed by atoms with Crippen molar-refractivity contribution in [1.29, 1.82) is 0 Å². The maximum atomic E-state index is 14.4. The number of nitrogens with one attached hydrogen (secondary N) is 1. The van der Waals surface area contributed by atoms with Crippen LogP contribution in [0.5, 0.6) is 0 Å². The van der Waals surface area contributed by atoms with Gasteiger partial charge in [0.15, 0.2) is 12.4 Å². The average molecular weight is 349 g/mol. The first-order valence-electron chi connectivity index (χ1n) is 7.56. The van der Waals surface area contributed by atoms with E-state index in [1.54, 1.807) is 30.3 Å². The van der Waals surface area contributed by atoms with E-state index in [2.05, 4.69) is 0 Å². The highest BCUT2D eigenvalue weighted by atomic mass is 19.1. The van der Waals surface area contributed by atoms with E-state index in [-0.39, 0.29) is 6.61 Å². The number of aromatic amines is 1. The zero-order valence-electron chi connectivity index (χ0n) is 13.0. The second-order valence-corrected chi connectivity index (χ2v) is 5.57. The first kappa shape index (κ1) is 17.1. The van der Waals surface area contributed by atoms with Crippen molar-refractivity contribution >= 4 is 5.97 Å². The molecule has 2 heterocycles. The number of halogens is 1. The Morgan fingerprint density at radius 2 is 2.00 bits per heavy atom. The SMILES string of the molecule is N[C@H]1[C@@H](F)[C@H](n2ccc(=O)[nH]c2=O)O[C@@H]1COC(=O)c1ccccc1. The smallest absolute Gasteiger partial charge is 0.338 e. The summed E-state index contributed by atoms with van der Waals surface area (Å²) in [5.74, 6) is -0.587. The molecule has 0 aliphatic carbocycles. The number of alkyl halides is 1. The fraction of sp³-hybridized carbons (Fsp3) is 0.312. The number of benzene rings is 1. The molecule has 3 N–H and O–H groups in total. The van der Waals surface area contributed by atoms with Crippen LogP contribution in [0.25, 0.3) is 0 Å². The number of hydrogen-bond acceptors (Lipinski definition) is 6. The lowest BCUT2D eigenvalue weighted by molar-refractivity contribution is -0.0465. The number of nitrogens with two attached hydrogens (primary N) is 1. The molecule has 1 aliphatic rings. The van der Waals surface area contributed by atoms with Crippen LogP contribution in [0, 0.1) is 0 Å². The van der Waals surface area contributed by atoms with Gasteiger partial charge in [-0.05, 0) is 12.1 Å². The first-order chi connectivity index (χ1) is 12.0. The van der Waals surface area contributed by atoms with E-state index in [1.165, 1.54) is 0 Å². The van der Waals surface area contributed by atoms with Crippen LogP contribution in [0.4, 0.5) is 4.39 Å². The fourth-order valence-corrected chi connectivity index (χ4v) is 2.55. The summed E-state index contributed by atoms with van der Waals surface area (Å²) >= 11 is 0. The number of H-pyrrole nitrogens is 1. The molecule has 0 bridgehead atoms. The molecule has 9 heteroatoms. The third kappa shape index (κ3) is 3.52. The minimum absolute atomic E-state index is 0.260. The second-order valence-electron chi connectivity index (χ2n) is 5.57. The Bertz CT molecular complexity index is 866. The van der Waals surface area contributed by atoms with Crippen LogP contribution in [0.2, 0.25) is 0 Å².